The number of nitrogens with zero attached hydrogens (tertiary/aromatic N) is 2. The lowest BCUT2D eigenvalue weighted by Gasteiger charge is -2.08. The summed E-state index contributed by atoms with van der Waals surface area (Å²) in [6.07, 6.45) is 1.92. The van der Waals surface area contributed by atoms with Crippen LogP contribution in [0.5, 0.6) is 0 Å². The highest BCUT2D eigenvalue weighted by Crippen LogP contribution is 2.25. The average Bonchev–Trinajstić information content (AvgIpc) is 3.21. The summed E-state index contributed by atoms with van der Waals surface area (Å²) >= 11 is 1.48. The van der Waals surface area contributed by atoms with Crippen molar-refractivity contribution in [3.8, 4) is 0 Å². The number of benzene rings is 2. The predicted octanol–water partition coefficient (Wildman–Crippen LogP) is 4.40. The molecular formula is C19H15N3OS. The van der Waals surface area contributed by atoms with Gasteiger partial charge in [0.05, 0.1) is 10.2 Å². The minimum absolute atomic E-state index is 0.144. The zero-order valence-corrected chi connectivity index (χ0v) is 13.7. The van der Waals surface area contributed by atoms with Crippen LogP contribution in [0.15, 0.2) is 72.9 Å². The van der Waals surface area contributed by atoms with Crippen molar-refractivity contribution in [2.24, 2.45) is 0 Å². The molecule has 0 unspecified atom stereocenters. The zero-order valence-electron chi connectivity index (χ0n) is 12.8. The second-order valence-corrected chi connectivity index (χ2v) is 6.48. The molecule has 4 nitrogen and oxygen atoms in total. The van der Waals surface area contributed by atoms with Crippen LogP contribution < -0.4 is 5.32 Å². The number of fused-ring (bicyclic) bond motifs is 1. The SMILES string of the molecule is O=C(Nc1nc2ccccc2s1)c1cccn1Cc1ccccc1. The minimum atomic E-state index is -0.144. The molecule has 1 N–H and O–H groups in total. The van der Waals surface area contributed by atoms with Crippen molar-refractivity contribution >= 4 is 32.6 Å². The molecule has 0 aliphatic rings. The average molecular weight is 333 g/mol. The molecule has 2 aromatic heterocycles. The van der Waals surface area contributed by atoms with Crippen LogP contribution in [0.1, 0.15) is 16.1 Å². The second-order valence-electron chi connectivity index (χ2n) is 5.45. The molecular weight excluding hydrogens is 318 g/mol. The van der Waals surface area contributed by atoms with E-state index in [2.05, 4.69) is 22.4 Å². The predicted molar refractivity (Wildman–Crippen MR) is 97.5 cm³/mol. The molecule has 1 amide bonds. The van der Waals surface area contributed by atoms with E-state index in [0.717, 1.165) is 15.8 Å². The van der Waals surface area contributed by atoms with E-state index in [1.165, 1.54) is 11.3 Å². The first-order chi connectivity index (χ1) is 11.8. The third-order valence-corrected chi connectivity index (χ3v) is 4.72. The van der Waals surface area contributed by atoms with E-state index in [0.29, 0.717) is 17.4 Å². The van der Waals surface area contributed by atoms with Gasteiger partial charge in [0, 0.05) is 12.7 Å². The summed E-state index contributed by atoms with van der Waals surface area (Å²) in [5.74, 6) is -0.144. The van der Waals surface area contributed by atoms with Gasteiger partial charge in [-0.3, -0.25) is 10.1 Å². The molecule has 0 saturated carbocycles. The minimum Gasteiger partial charge on any atom is -0.339 e. The summed E-state index contributed by atoms with van der Waals surface area (Å²) in [6.45, 7) is 0.663. The summed E-state index contributed by atoms with van der Waals surface area (Å²) in [4.78, 5) is 17.1. The van der Waals surface area contributed by atoms with E-state index in [1.54, 1.807) is 0 Å². The highest BCUT2D eigenvalue weighted by Gasteiger charge is 2.13. The van der Waals surface area contributed by atoms with Crippen molar-refractivity contribution in [1.29, 1.82) is 0 Å². The molecule has 4 aromatic rings. The normalized spacial score (nSPS) is 10.8. The standard InChI is InChI=1S/C19H15N3OS/c23-18(21-19-20-15-9-4-5-11-17(15)24-19)16-10-6-12-22(16)13-14-7-2-1-3-8-14/h1-12H,13H2,(H,20,21,23). The van der Waals surface area contributed by atoms with Crippen LogP contribution in [-0.2, 0) is 6.54 Å². The summed E-state index contributed by atoms with van der Waals surface area (Å²) in [6, 6.07) is 21.7. The largest absolute Gasteiger partial charge is 0.339 e. The Labute approximate surface area is 143 Å². The van der Waals surface area contributed by atoms with Crippen LogP contribution in [0.25, 0.3) is 10.2 Å². The molecule has 118 valence electrons. The Balaban J connectivity index is 1.55. The molecule has 0 saturated heterocycles. The smallest absolute Gasteiger partial charge is 0.274 e. The van der Waals surface area contributed by atoms with Crippen molar-refractivity contribution < 1.29 is 4.79 Å². The number of aromatic nitrogens is 2. The van der Waals surface area contributed by atoms with E-state index in [-0.39, 0.29) is 5.91 Å². The number of carbonyl (C=O) groups is 1. The molecule has 0 radical (unpaired) electrons. The maximum Gasteiger partial charge on any atom is 0.274 e. The van der Waals surface area contributed by atoms with E-state index >= 15 is 0 Å². The summed E-state index contributed by atoms with van der Waals surface area (Å²) < 4.78 is 3.00. The van der Waals surface area contributed by atoms with Crippen molar-refractivity contribution in [2.75, 3.05) is 5.32 Å². The number of anilines is 1. The van der Waals surface area contributed by atoms with Gasteiger partial charge in [0.15, 0.2) is 5.13 Å². The van der Waals surface area contributed by atoms with E-state index in [1.807, 2.05) is 65.4 Å². The molecule has 24 heavy (non-hydrogen) atoms. The Bertz CT molecular complexity index is 955. The summed E-state index contributed by atoms with van der Waals surface area (Å²) in [5.41, 5.74) is 2.68. The zero-order chi connectivity index (χ0) is 16.4. The molecule has 5 heteroatoms. The van der Waals surface area contributed by atoms with Gasteiger partial charge in [-0.25, -0.2) is 4.98 Å². The van der Waals surface area contributed by atoms with Crippen molar-refractivity contribution in [3.63, 3.8) is 0 Å². The first-order valence-corrected chi connectivity index (χ1v) is 8.47. The lowest BCUT2D eigenvalue weighted by Crippen LogP contribution is -2.17. The Morgan fingerprint density at radius 3 is 2.62 bits per heavy atom. The van der Waals surface area contributed by atoms with Crippen molar-refractivity contribution in [1.82, 2.24) is 9.55 Å². The Morgan fingerprint density at radius 2 is 1.79 bits per heavy atom. The molecule has 4 rings (SSSR count). The van der Waals surface area contributed by atoms with Crippen molar-refractivity contribution in [3.05, 3.63) is 84.2 Å². The fourth-order valence-electron chi connectivity index (χ4n) is 2.63. The highest BCUT2D eigenvalue weighted by molar-refractivity contribution is 7.22. The monoisotopic (exact) mass is 333 g/mol. The number of nitrogens with one attached hydrogen (secondary N) is 1. The fraction of sp³-hybridized carbons (Fsp3) is 0.0526. The van der Waals surface area contributed by atoms with Gasteiger partial charge >= 0.3 is 0 Å². The molecule has 0 aliphatic carbocycles. The second kappa shape index (κ2) is 6.29. The molecule has 0 spiro atoms. The maximum absolute atomic E-state index is 12.6. The topological polar surface area (TPSA) is 46.9 Å². The van der Waals surface area contributed by atoms with Crippen LogP contribution in [0.4, 0.5) is 5.13 Å². The highest BCUT2D eigenvalue weighted by atomic mass is 32.1. The van der Waals surface area contributed by atoms with Gasteiger partial charge in [-0.2, -0.15) is 0 Å². The van der Waals surface area contributed by atoms with Crippen LogP contribution in [0, 0.1) is 0 Å². The third kappa shape index (κ3) is 2.94. The first-order valence-electron chi connectivity index (χ1n) is 7.65. The molecule has 0 aliphatic heterocycles. The van der Waals surface area contributed by atoms with Gasteiger partial charge in [0.2, 0.25) is 0 Å². The van der Waals surface area contributed by atoms with Gasteiger partial charge in [-0.15, -0.1) is 0 Å². The lowest BCUT2D eigenvalue weighted by atomic mass is 10.2. The molecule has 0 bridgehead atoms. The number of para-hydroxylation sites is 1. The summed E-state index contributed by atoms with van der Waals surface area (Å²) in [5, 5.41) is 3.53. The number of carbonyl (C=O) groups excluding carboxylic acids is 1. The van der Waals surface area contributed by atoms with Gasteiger partial charge in [-0.1, -0.05) is 53.8 Å². The van der Waals surface area contributed by atoms with E-state index in [9.17, 15) is 4.79 Å². The van der Waals surface area contributed by atoms with Gasteiger partial charge in [0.1, 0.15) is 5.69 Å². The quantitative estimate of drug-likeness (QED) is 0.602. The number of thiazole rings is 1. The van der Waals surface area contributed by atoms with Gasteiger partial charge < -0.3 is 4.57 Å². The van der Waals surface area contributed by atoms with Crippen LogP contribution in [0.3, 0.4) is 0 Å². The molecule has 0 atom stereocenters. The van der Waals surface area contributed by atoms with E-state index in [4.69, 9.17) is 0 Å². The maximum atomic E-state index is 12.6. The number of amides is 1. The van der Waals surface area contributed by atoms with Crippen LogP contribution in [0.2, 0.25) is 0 Å². The number of rotatable bonds is 4. The fourth-order valence-corrected chi connectivity index (χ4v) is 3.49. The van der Waals surface area contributed by atoms with Crippen LogP contribution in [-0.4, -0.2) is 15.5 Å². The molecule has 2 heterocycles. The van der Waals surface area contributed by atoms with Crippen LogP contribution >= 0.6 is 11.3 Å². The van der Waals surface area contributed by atoms with Gasteiger partial charge in [-0.05, 0) is 29.8 Å². The van der Waals surface area contributed by atoms with Gasteiger partial charge in [0.25, 0.3) is 5.91 Å². The van der Waals surface area contributed by atoms with Crippen molar-refractivity contribution in [2.45, 2.75) is 6.54 Å². The molecule has 2 aromatic carbocycles. The summed E-state index contributed by atoms with van der Waals surface area (Å²) in [7, 11) is 0. The first kappa shape index (κ1) is 14.7. The number of hydrogen-bond acceptors (Lipinski definition) is 3. The Morgan fingerprint density at radius 1 is 1.00 bits per heavy atom. The third-order valence-electron chi connectivity index (χ3n) is 3.77. The lowest BCUT2D eigenvalue weighted by molar-refractivity contribution is 0.101. The Kier molecular flexibility index (Phi) is 3.84. The number of hydrogen-bond donors (Lipinski definition) is 1. The molecule has 0 fully saturated rings. The van der Waals surface area contributed by atoms with E-state index < -0.39 is 0 Å². The Hall–Kier alpha value is -2.92.